The van der Waals surface area contributed by atoms with Gasteiger partial charge in [-0.1, -0.05) is 19.8 Å². The van der Waals surface area contributed by atoms with Crippen molar-refractivity contribution in [2.75, 3.05) is 6.54 Å². The van der Waals surface area contributed by atoms with E-state index >= 15 is 0 Å². The molecule has 2 atom stereocenters. The molecule has 0 aromatic heterocycles. The van der Waals surface area contributed by atoms with Crippen molar-refractivity contribution in [3.05, 3.63) is 0 Å². The number of unbranched alkanes of at least 4 members (excludes halogenated alkanes) is 2. The quantitative estimate of drug-likeness (QED) is 0.737. The smallest absolute Gasteiger partial charge is 0.222 e. The summed E-state index contributed by atoms with van der Waals surface area (Å²) in [5, 5.41) is 3.65. The zero-order valence-electron chi connectivity index (χ0n) is 12.0. The zero-order valence-corrected chi connectivity index (χ0v) is 12.0. The normalized spacial score (nSPS) is 30.4. The molecule has 2 fully saturated rings. The number of nitrogens with zero attached hydrogens (tertiary/aromatic N) is 1. The van der Waals surface area contributed by atoms with E-state index in [4.69, 9.17) is 0 Å². The number of hydrogen-bond acceptors (Lipinski definition) is 2. The summed E-state index contributed by atoms with van der Waals surface area (Å²) in [6.07, 6.45) is 9.14. The number of rotatable bonds is 6. The number of piperidine rings is 1. The molecule has 1 N–H and O–H groups in total. The maximum atomic E-state index is 12.3. The van der Waals surface area contributed by atoms with Crippen LogP contribution in [-0.2, 0) is 4.79 Å². The van der Waals surface area contributed by atoms with Crippen LogP contribution < -0.4 is 5.32 Å². The van der Waals surface area contributed by atoms with Crippen LogP contribution in [0.4, 0.5) is 0 Å². The van der Waals surface area contributed by atoms with E-state index in [1.807, 2.05) is 0 Å². The van der Waals surface area contributed by atoms with E-state index < -0.39 is 0 Å². The molecule has 3 nitrogen and oxygen atoms in total. The van der Waals surface area contributed by atoms with Crippen molar-refractivity contribution in [1.29, 1.82) is 0 Å². The predicted molar refractivity (Wildman–Crippen MR) is 74.5 cm³/mol. The van der Waals surface area contributed by atoms with Crippen LogP contribution in [0.15, 0.2) is 0 Å². The number of nitrogens with one attached hydrogen (secondary N) is 1. The summed E-state index contributed by atoms with van der Waals surface area (Å²) in [7, 11) is 0. The standard InChI is InChI=1S/C15H28N2O/c1-3-5-6-7-15(18)17(4-2)14-10-12-8-9-13(11-14)16-12/h12-14,16H,3-11H2,1-2H3. The molecule has 0 aromatic carbocycles. The fourth-order valence-electron chi connectivity index (χ4n) is 3.59. The van der Waals surface area contributed by atoms with Crippen LogP contribution in [0.5, 0.6) is 0 Å². The largest absolute Gasteiger partial charge is 0.340 e. The second-order valence-corrected chi connectivity index (χ2v) is 5.90. The van der Waals surface area contributed by atoms with Crippen molar-refractivity contribution in [3.63, 3.8) is 0 Å². The van der Waals surface area contributed by atoms with E-state index in [9.17, 15) is 4.79 Å². The van der Waals surface area contributed by atoms with Gasteiger partial charge in [0.15, 0.2) is 0 Å². The number of hydrogen-bond donors (Lipinski definition) is 1. The van der Waals surface area contributed by atoms with Gasteiger partial charge < -0.3 is 10.2 Å². The van der Waals surface area contributed by atoms with Gasteiger partial charge in [0.05, 0.1) is 0 Å². The van der Waals surface area contributed by atoms with E-state index in [1.54, 1.807) is 0 Å². The first-order chi connectivity index (χ1) is 8.74. The van der Waals surface area contributed by atoms with Crippen molar-refractivity contribution in [3.8, 4) is 0 Å². The average Bonchev–Trinajstić information content (AvgIpc) is 2.70. The monoisotopic (exact) mass is 252 g/mol. The minimum Gasteiger partial charge on any atom is -0.340 e. The van der Waals surface area contributed by atoms with Crippen molar-refractivity contribution < 1.29 is 4.79 Å². The fourth-order valence-corrected chi connectivity index (χ4v) is 3.59. The van der Waals surface area contributed by atoms with Crippen molar-refractivity contribution in [1.82, 2.24) is 10.2 Å². The van der Waals surface area contributed by atoms with Crippen molar-refractivity contribution in [2.24, 2.45) is 0 Å². The van der Waals surface area contributed by atoms with Gasteiger partial charge in [-0.15, -0.1) is 0 Å². The first-order valence-electron chi connectivity index (χ1n) is 7.80. The molecule has 0 spiro atoms. The molecule has 0 saturated carbocycles. The van der Waals surface area contributed by atoms with Gasteiger partial charge in [-0.2, -0.15) is 0 Å². The highest BCUT2D eigenvalue weighted by atomic mass is 16.2. The highest BCUT2D eigenvalue weighted by Gasteiger charge is 2.36. The number of carbonyl (C=O) groups excluding carboxylic acids is 1. The lowest BCUT2D eigenvalue weighted by atomic mass is 9.97. The zero-order chi connectivity index (χ0) is 13.0. The van der Waals surface area contributed by atoms with Gasteiger partial charge in [-0.25, -0.2) is 0 Å². The SMILES string of the molecule is CCCCCC(=O)N(CC)C1CC2CCC(C1)N2. The molecule has 1 amide bonds. The molecular weight excluding hydrogens is 224 g/mol. The Morgan fingerprint density at radius 1 is 1.17 bits per heavy atom. The molecule has 104 valence electrons. The molecule has 2 unspecified atom stereocenters. The Kier molecular flexibility index (Phi) is 5.04. The molecule has 3 heteroatoms. The summed E-state index contributed by atoms with van der Waals surface area (Å²) < 4.78 is 0. The third kappa shape index (κ3) is 3.25. The van der Waals surface area contributed by atoms with Gasteiger partial charge in [-0.3, -0.25) is 4.79 Å². The number of fused-ring (bicyclic) bond motifs is 2. The van der Waals surface area contributed by atoms with Gasteiger partial charge in [-0.05, 0) is 39.0 Å². The van der Waals surface area contributed by atoms with E-state index in [0.29, 0.717) is 24.0 Å². The predicted octanol–water partition coefficient (Wildman–Crippen LogP) is 2.70. The third-order valence-corrected chi connectivity index (χ3v) is 4.54. The van der Waals surface area contributed by atoms with Gasteiger partial charge in [0.25, 0.3) is 0 Å². The first kappa shape index (κ1) is 13.9. The average molecular weight is 252 g/mol. The summed E-state index contributed by atoms with van der Waals surface area (Å²) in [5.74, 6) is 0.386. The number of amides is 1. The van der Waals surface area contributed by atoms with Crippen LogP contribution >= 0.6 is 0 Å². The summed E-state index contributed by atoms with van der Waals surface area (Å²) in [6, 6.07) is 1.85. The van der Waals surface area contributed by atoms with E-state index in [1.165, 1.54) is 38.5 Å². The molecule has 2 aliphatic rings. The Balaban J connectivity index is 1.85. The molecule has 2 heterocycles. The second-order valence-electron chi connectivity index (χ2n) is 5.90. The Hall–Kier alpha value is -0.570. The van der Waals surface area contributed by atoms with Gasteiger partial charge in [0.1, 0.15) is 0 Å². The molecule has 2 saturated heterocycles. The summed E-state index contributed by atoms with van der Waals surface area (Å²) in [4.78, 5) is 14.4. The highest BCUT2D eigenvalue weighted by molar-refractivity contribution is 5.76. The molecular formula is C15H28N2O. The van der Waals surface area contributed by atoms with E-state index in [-0.39, 0.29) is 0 Å². The Labute approximate surface area is 111 Å². The van der Waals surface area contributed by atoms with Crippen LogP contribution in [0, 0.1) is 0 Å². The number of carbonyl (C=O) groups is 1. The lowest BCUT2D eigenvalue weighted by molar-refractivity contribution is -0.134. The minimum atomic E-state index is 0.386. The molecule has 2 aliphatic heterocycles. The van der Waals surface area contributed by atoms with Crippen LogP contribution in [-0.4, -0.2) is 35.5 Å². The van der Waals surface area contributed by atoms with Gasteiger partial charge in [0, 0.05) is 31.1 Å². The summed E-state index contributed by atoms with van der Waals surface area (Å²) >= 11 is 0. The Morgan fingerprint density at radius 2 is 1.83 bits per heavy atom. The Morgan fingerprint density at radius 3 is 2.39 bits per heavy atom. The van der Waals surface area contributed by atoms with Crippen LogP contribution in [0.1, 0.15) is 65.2 Å². The Bertz CT molecular complexity index is 268. The van der Waals surface area contributed by atoms with Crippen LogP contribution in [0.3, 0.4) is 0 Å². The highest BCUT2D eigenvalue weighted by Crippen LogP contribution is 2.30. The maximum absolute atomic E-state index is 12.3. The lowest BCUT2D eigenvalue weighted by Gasteiger charge is -2.37. The maximum Gasteiger partial charge on any atom is 0.222 e. The van der Waals surface area contributed by atoms with Crippen molar-refractivity contribution in [2.45, 2.75) is 83.3 Å². The first-order valence-corrected chi connectivity index (χ1v) is 7.80. The summed E-state index contributed by atoms with van der Waals surface area (Å²) in [6.45, 7) is 5.20. The molecule has 2 rings (SSSR count). The summed E-state index contributed by atoms with van der Waals surface area (Å²) in [5.41, 5.74) is 0. The van der Waals surface area contributed by atoms with Crippen LogP contribution in [0.2, 0.25) is 0 Å². The van der Waals surface area contributed by atoms with E-state index in [2.05, 4.69) is 24.1 Å². The molecule has 0 radical (unpaired) electrons. The molecule has 0 aliphatic carbocycles. The molecule has 18 heavy (non-hydrogen) atoms. The van der Waals surface area contributed by atoms with Gasteiger partial charge >= 0.3 is 0 Å². The van der Waals surface area contributed by atoms with Crippen LogP contribution in [0.25, 0.3) is 0 Å². The second kappa shape index (κ2) is 6.55. The molecule has 0 aromatic rings. The topological polar surface area (TPSA) is 32.3 Å². The minimum absolute atomic E-state index is 0.386. The molecule has 2 bridgehead atoms. The van der Waals surface area contributed by atoms with Crippen molar-refractivity contribution >= 4 is 5.91 Å². The third-order valence-electron chi connectivity index (χ3n) is 4.54. The van der Waals surface area contributed by atoms with E-state index in [0.717, 1.165) is 19.4 Å². The lowest BCUT2D eigenvalue weighted by Crippen LogP contribution is -2.50. The van der Waals surface area contributed by atoms with Gasteiger partial charge in [0.2, 0.25) is 5.91 Å². The fraction of sp³-hybridized carbons (Fsp3) is 0.933.